The number of hydrogen-bond acceptors (Lipinski definition) is 2. The Hall–Kier alpha value is -1.96. The zero-order chi connectivity index (χ0) is 17.2. The van der Waals surface area contributed by atoms with Gasteiger partial charge in [-0.05, 0) is 57.4 Å². The molecular formula is C21H32N2. The first-order chi connectivity index (χ1) is 10.9. The van der Waals surface area contributed by atoms with Crippen LogP contribution in [0.15, 0.2) is 54.6 Å². The lowest BCUT2D eigenvalue weighted by atomic mass is 10.0. The molecule has 0 spiro atoms. The molecule has 0 radical (unpaired) electrons. The van der Waals surface area contributed by atoms with Crippen molar-refractivity contribution in [3.05, 3.63) is 60.2 Å². The molecule has 0 amide bonds. The Morgan fingerprint density at radius 2 is 1.13 bits per heavy atom. The summed E-state index contributed by atoms with van der Waals surface area (Å²) in [6, 6.07) is 19.8. The Morgan fingerprint density at radius 3 is 1.65 bits per heavy atom. The van der Waals surface area contributed by atoms with Gasteiger partial charge in [-0.2, -0.15) is 0 Å². The van der Waals surface area contributed by atoms with Gasteiger partial charge in [0.05, 0.1) is 0 Å². The molecule has 2 heteroatoms. The van der Waals surface area contributed by atoms with E-state index < -0.39 is 0 Å². The van der Waals surface area contributed by atoms with Crippen LogP contribution in [0.4, 0.5) is 11.4 Å². The number of anilines is 2. The Labute approximate surface area is 142 Å². The molecule has 0 saturated carbocycles. The molecule has 2 aromatic rings. The van der Waals surface area contributed by atoms with Crippen LogP contribution >= 0.6 is 0 Å². The molecule has 2 rings (SSSR count). The molecule has 0 aromatic heterocycles. The first-order valence-corrected chi connectivity index (χ1v) is 8.57. The first kappa shape index (κ1) is 19.1. The highest BCUT2D eigenvalue weighted by atomic mass is 14.9. The van der Waals surface area contributed by atoms with E-state index in [1.807, 2.05) is 18.2 Å². The summed E-state index contributed by atoms with van der Waals surface area (Å²) >= 11 is 0. The van der Waals surface area contributed by atoms with Crippen molar-refractivity contribution in [3.63, 3.8) is 0 Å². The highest BCUT2D eigenvalue weighted by molar-refractivity contribution is 5.52. The summed E-state index contributed by atoms with van der Waals surface area (Å²) in [5, 5.41) is 6.76. The van der Waals surface area contributed by atoms with E-state index in [0.29, 0.717) is 18.0 Å². The van der Waals surface area contributed by atoms with Gasteiger partial charge in [-0.1, -0.05) is 50.2 Å². The lowest BCUT2D eigenvalue weighted by molar-refractivity contribution is 0.847. The molecule has 2 N–H and O–H groups in total. The van der Waals surface area contributed by atoms with Gasteiger partial charge in [0, 0.05) is 23.5 Å². The molecule has 0 heterocycles. The molecule has 0 fully saturated rings. The van der Waals surface area contributed by atoms with Crippen molar-refractivity contribution >= 4 is 11.4 Å². The van der Waals surface area contributed by atoms with E-state index in [1.54, 1.807) is 0 Å². The summed E-state index contributed by atoms with van der Waals surface area (Å²) in [5.41, 5.74) is 3.86. The topological polar surface area (TPSA) is 24.1 Å². The van der Waals surface area contributed by atoms with Crippen molar-refractivity contribution in [2.24, 2.45) is 0 Å². The SMILES string of the molecule is CC(C)Nc1ccccc1.CC(C)Nc1ccccc1C(C)C. The van der Waals surface area contributed by atoms with Crippen molar-refractivity contribution in [2.45, 2.75) is 59.5 Å². The van der Waals surface area contributed by atoms with Gasteiger partial charge in [0.15, 0.2) is 0 Å². The number of hydrogen-bond donors (Lipinski definition) is 2. The molecule has 2 nitrogen and oxygen atoms in total. The summed E-state index contributed by atoms with van der Waals surface area (Å²) in [6.07, 6.45) is 0. The predicted molar refractivity (Wildman–Crippen MR) is 104 cm³/mol. The van der Waals surface area contributed by atoms with Crippen LogP contribution in [-0.2, 0) is 0 Å². The fourth-order valence-electron chi connectivity index (χ4n) is 2.31. The average molecular weight is 313 g/mol. The number of nitrogens with one attached hydrogen (secondary N) is 2. The smallest absolute Gasteiger partial charge is 0.0377 e. The minimum Gasteiger partial charge on any atom is -0.383 e. The molecule has 0 saturated heterocycles. The fraction of sp³-hybridized carbons (Fsp3) is 0.429. The fourth-order valence-corrected chi connectivity index (χ4v) is 2.31. The summed E-state index contributed by atoms with van der Waals surface area (Å²) in [6.45, 7) is 13.0. The summed E-state index contributed by atoms with van der Waals surface area (Å²) in [4.78, 5) is 0. The molecule has 0 aliphatic carbocycles. The number of rotatable bonds is 5. The number of benzene rings is 2. The maximum atomic E-state index is 3.45. The molecule has 0 bridgehead atoms. The van der Waals surface area contributed by atoms with Crippen molar-refractivity contribution in [2.75, 3.05) is 10.6 Å². The van der Waals surface area contributed by atoms with Crippen LogP contribution in [0.1, 0.15) is 53.0 Å². The van der Waals surface area contributed by atoms with Gasteiger partial charge in [-0.3, -0.25) is 0 Å². The third kappa shape index (κ3) is 7.73. The molecule has 23 heavy (non-hydrogen) atoms. The highest BCUT2D eigenvalue weighted by Crippen LogP contribution is 2.23. The van der Waals surface area contributed by atoms with Crippen LogP contribution < -0.4 is 10.6 Å². The minimum atomic E-state index is 0.500. The normalized spacial score (nSPS) is 10.5. The van der Waals surface area contributed by atoms with Crippen LogP contribution in [0.2, 0.25) is 0 Å². The van der Waals surface area contributed by atoms with Gasteiger partial charge in [0.2, 0.25) is 0 Å². The third-order valence-electron chi connectivity index (χ3n) is 3.26. The zero-order valence-corrected chi connectivity index (χ0v) is 15.4. The van der Waals surface area contributed by atoms with Crippen molar-refractivity contribution in [1.29, 1.82) is 0 Å². The minimum absolute atomic E-state index is 0.500. The van der Waals surface area contributed by atoms with E-state index in [0.717, 1.165) is 0 Å². The van der Waals surface area contributed by atoms with Gasteiger partial charge in [-0.25, -0.2) is 0 Å². The standard InChI is InChI=1S/C12H19N.C9H13N/c1-9(2)11-7-5-6-8-12(11)13-10(3)4;1-8(2)10-9-6-4-3-5-7-9/h5-10,13H,1-4H3;3-8,10H,1-2H3. The van der Waals surface area contributed by atoms with E-state index in [-0.39, 0.29) is 0 Å². The largest absolute Gasteiger partial charge is 0.383 e. The maximum Gasteiger partial charge on any atom is 0.0377 e. The van der Waals surface area contributed by atoms with Crippen LogP contribution in [0.3, 0.4) is 0 Å². The first-order valence-electron chi connectivity index (χ1n) is 8.57. The van der Waals surface area contributed by atoms with Crippen LogP contribution in [0, 0.1) is 0 Å². The molecule has 0 atom stereocenters. The second-order valence-corrected chi connectivity index (χ2v) is 6.71. The predicted octanol–water partition coefficient (Wildman–Crippen LogP) is 6.14. The Kier molecular flexibility index (Phi) is 8.25. The van der Waals surface area contributed by atoms with E-state index in [9.17, 15) is 0 Å². The second-order valence-electron chi connectivity index (χ2n) is 6.71. The molecule has 126 valence electrons. The van der Waals surface area contributed by atoms with Gasteiger partial charge >= 0.3 is 0 Å². The lowest BCUT2D eigenvalue weighted by Crippen LogP contribution is -2.11. The Bertz CT molecular complexity index is 545. The third-order valence-corrected chi connectivity index (χ3v) is 3.26. The second kappa shape index (κ2) is 9.94. The molecule has 0 aliphatic rings. The molecule has 0 unspecified atom stereocenters. The quantitative estimate of drug-likeness (QED) is 0.693. The average Bonchev–Trinajstić information content (AvgIpc) is 2.48. The van der Waals surface area contributed by atoms with Crippen LogP contribution in [0.5, 0.6) is 0 Å². The summed E-state index contributed by atoms with van der Waals surface area (Å²) in [5.74, 6) is 0.586. The van der Waals surface area contributed by atoms with Gasteiger partial charge in [0.1, 0.15) is 0 Å². The van der Waals surface area contributed by atoms with Crippen molar-refractivity contribution in [3.8, 4) is 0 Å². The van der Waals surface area contributed by atoms with E-state index in [4.69, 9.17) is 0 Å². The number of para-hydroxylation sites is 2. The van der Waals surface area contributed by atoms with E-state index in [1.165, 1.54) is 16.9 Å². The van der Waals surface area contributed by atoms with Gasteiger partial charge in [0.25, 0.3) is 0 Å². The Morgan fingerprint density at radius 1 is 0.609 bits per heavy atom. The van der Waals surface area contributed by atoms with E-state index >= 15 is 0 Å². The van der Waals surface area contributed by atoms with Gasteiger partial charge in [-0.15, -0.1) is 0 Å². The zero-order valence-electron chi connectivity index (χ0n) is 15.4. The van der Waals surface area contributed by atoms with Crippen molar-refractivity contribution < 1.29 is 0 Å². The molecule has 2 aromatic carbocycles. The Balaban J connectivity index is 0.000000238. The summed E-state index contributed by atoms with van der Waals surface area (Å²) < 4.78 is 0. The van der Waals surface area contributed by atoms with Crippen LogP contribution in [0.25, 0.3) is 0 Å². The van der Waals surface area contributed by atoms with Gasteiger partial charge < -0.3 is 10.6 Å². The van der Waals surface area contributed by atoms with Crippen molar-refractivity contribution in [1.82, 2.24) is 0 Å². The molecular weight excluding hydrogens is 280 g/mol. The van der Waals surface area contributed by atoms with Crippen LogP contribution in [-0.4, -0.2) is 12.1 Å². The summed E-state index contributed by atoms with van der Waals surface area (Å²) in [7, 11) is 0. The lowest BCUT2D eigenvalue weighted by Gasteiger charge is -2.16. The molecule has 0 aliphatic heterocycles. The monoisotopic (exact) mass is 312 g/mol. The highest BCUT2D eigenvalue weighted by Gasteiger charge is 2.05. The van der Waals surface area contributed by atoms with E-state index in [2.05, 4.69) is 88.6 Å². The maximum absolute atomic E-state index is 3.45.